The molecule has 0 N–H and O–H groups in total. The van der Waals surface area contributed by atoms with Gasteiger partial charge in [0.2, 0.25) is 5.28 Å². The van der Waals surface area contributed by atoms with E-state index in [1.54, 1.807) is 0 Å². The molecule has 2 aromatic carbocycles. The molecular weight excluding hydrogens is 372 g/mol. The Labute approximate surface area is 144 Å². The lowest BCUT2D eigenvalue weighted by molar-refractivity contribution is 0.588. The maximum Gasteiger partial charge on any atom is 0.209 e. The molecule has 2 nitrogen and oxygen atoms in total. The van der Waals surface area contributed by atoms with Gasteiger partial charge in [0.15, 0.2) is 5.15 Å². The number of aromatic nitrogens is 2. The van der Waals surface area contributed by atoms with E-state index < -0.39 is 23.0 Å². The minimum atomic E-state index is -0.848. The fourth-order valence-corrected chi connectivity index (χ4v) is 2.85. The van der Waals surface area contributed by atoms with Crippen LogP contribution in [0.1, 0.15) is 0 Å². The molecule has 23 heavy (non-hydrogen) atoms. The number of nitrogens with zero attached hydrogens (tertiary/aromatic N) is 2. The van der Waals surface area contributed by atoms with Gasteiger partial charge in [0.1, 0.15) is 17.5 Å². The molecule has 0 saturated carbocycles. The van der Waals surface area contributed by atoms with E-state index in [1.807, 2.05) is 0 Å². The first-order valence-electron chi connectivity index (χ1n) is 6.23. The van der Waals surface area contributed by atoms with Crippen LogP contribution in [0.2, 0.25) is 15.5 Å². The topological polar surface area (TPSA) is 17.8 Å². The minimum Gasteiger partial charge on any atom is -0.281 e. The van der Waals surface area contributed by atoms with Gasteiger partial charge >= 0.3 is 0 Å². The Morgan fingerprint density at radius 2 is 1.52 bits per heavy atom. The Balaban J connectivity index is 2.33. The molecule has 0 aliphatic rings. The molecule has 3 rings (SSSR count). The number of benzene rings is 2. The van der Waals surface area contributed by atoms with Crippen LogP contribution in [0.15, 0.2) is 36.4 Å². The molecule has 0 aliphatic heterocycles. The summed E-state index contributed by atoms with van der Waals surface area (Å²) >= 11 is 17.6. The fraction of sp³-hybridized carbons (Fsp3) is 0. The van der Waals surface area contributed by atoms with Crippen LogP contribution in [-0.4, -0.2) is 9.55 Å². The summed E-state index contributed by atoms with van der Waals surface area (Å²) in [5, 5.41) is -0.488. The third-order valence-electron chi connectivity index (χ3n) is 3.15. The summed E-state index contributed by atoms with van der Waals surface area (Å²) < 4.78 is 43.0. The van der Waals surface area contributed by atoms with Gasteiger partial charge in [0, 0.05) is 0 Å². The van der Waals surface area contributed by atoms with E-state index in [0.717, 1.165) is 22.8 Å². The van der Waals surface area contributed by atoms with E-state index in [0.29, 0.717) is 0 Å². The van der Waals surface area contributed by atoms with Crippen molar-refractivity contribution >= 4 is 34.8 Å². The summed E-state index contributed by atoms with van der Waals surface area (Å²) in [6.45, 7) is 0. The lowest BCUT2D eigenvalue weighted by atomic mass is 10.1. The van der Waals surface area contributed by atoms with Crippen LogP contribution in [0.3, 0.4) is 0 Å². The molecule has 0 spiro atoms. The molecule has 0 aliphatic carbocycles. The molecular formula is C15H6Cl3F3N2. The number of rotatable bonds is 2. The number of hydrogen-bond donors (Lipinski definition) is 0. The maximum absolute atomic E-state index is 14.1. The van der Waals surface area contributed by atoms with Gasteiger partial charge in [-0.3, -0.25) is 4.57 Å². The van der Waals surface area contributed by atoms with E-state index in [-0.39, 0.29) is 26.8 Å². The summed E-state index contributed by atoms with van der Waals surface area (Å²) in [7, 11) is 0. The third kappa shape index (κ3) is 2.80. The second-order valence-corrected chi connectivity index (χ2v) is 5.65. The monoisotopic (exact) mass is 376 g/mol. The molecule has 0 unspecified atom stereocenters. The Hall–Kier alpha value is -1.69. The standard InChI is InChI=1S/C15H6Cl3F3N2/c16-8-5-4-7(6-11(8)21)23-13(14(17)22-15(23)18)12-9(19)2-1-3-10(12)20/h1-6H. The summed E-state index contributed by atoms with van der Waals surface area (Å²) in [5.74, 6) is -2.41. The molecule has 0 bridgehead atoms. The average Bonchev–Trinajstić information content (AvgIpc) is 2.77. The lowest BCUT2D eigenvalue weighted by Gasteiger charge is -2.12. The van der Waals surface area contributed by atoms with Gasteiger partial charge in [-0.1, -0.05) is 29.3 Å². The zero-order valence-corrected chi connectivity index (χ0v) is 13.4. The lowest BCUT2D eigenvalue weighted by Crippen LogP contribution is -2.01. The van der Waals surface area contributed by atoms with Crippen molar-refractivity contribution in [2.45, 2.75) is 0 Å². The van der Waals surface area contributed by atoms with E-state index in [4.69, 9.17) is 34.8 Å². The molecule has 3 aromatic rings. The second-order valence-electron chi connectivity index (χ2n) is 4.55. The summed E-state index contributed by atoms with van der Waals surface area (Å²) in [6, 6.07) is 7.14. The predicted molar refractivity (Wildman–Crippen MR) is 83.9 cm³/mol. The van der Waals surface area contributed by atoms with Crippen molar-refractivity contribution in [1.29, 1.82) is 0 Å². The van der Waals surface area contributed by atoms with Gasteiger partial charge in [-0.15, -0.1) is 0 Å². The predicted octanol–water partition coefficient (Wildman–Crippen LogP) is 5.92. The largest absolute Gasteiger partial charge is 0.281 e. The van der Waals surface area contributed by atoms with Gasteiger partial charge in [0.05, 0.1) is 22.0 Å². The molecule has 0 atom stereocenters. The van der Waals surface area contributed by atoms with Gasteiger partial charge in [-0.05, 0) is 41.9 Å². The molecule has 0 saturated heterocycles. The van der Waals surface area contributed by atoms with Crippen molar-refractivity contribution in [3.8, 4) is 16.9 Å². The van der Waals surface area contributed by atoms with Crippen LogP contribution >= 0.6 is 34.8 Å². The molecule has 8 heteroatoms. The van der Waals surface area contributed by atoms with Crippen molar-refractivity contribution in [1.82, 2.24) is 9.55 Å². The molecule has 1 heterocycles. The van der Waals surface area contributed by atoms with Crippen LogP contribution in [0.25, 0.3) is 16.9 Å². The smallest absolute Gasteiger partial charge is 0.209 e. The number of halogens is 6. The Morgan fingerprint density at radius 3 is 2.13 bits per heavy atom. The summed E-state index contributed by atoms with van der Waals surface area (Å²) in [6.07, 6.45) is 0. The van der Waals surface area contributed by atoms with Crippen molar-refractivity contribution in [2.24, 2.45) is 0 Å². The van der Waals surface area contributed by atoms with Crippen LogP contribution in [0, 0.1) is 17.5 Å². The number of hydrogen-bond acceptors (Lipinski definition) is 1. The summed E-state index contributed by atoms with van der Waals surface area (Å²) in [5.41, 5.74) is -0.352. The van der Waals surface area contributed by atoms with E-state index in [2.05, 4.69) is 4.98 Å². The Morgan fingerprint density at radius 1 is 0.870 bits per heavy atom. The molecule has 0 radical (unpaired) electrons. The van der Waals surface area contributed by atoms with Gasteiger partial charge < -0.3 is 0 Å². The van der Waals surface area contributed by atoms with Crippen LogP contribution in [0.5, 0.6) is 0 Å². The SMILES string of the molecule is Fc1cc(-n2c(Cl)nc(Cl)c2-c2c(F)cccc2F)ccc1Cl. The van der Waals surface area contributed by atoms with Crippen molar-refractivity contribution in [2.75, 3.05) is 0 Å². The third-order valence-corrected chi connectivity index (χ3v) is 3.98. The Bertz CT molecular complexity index is 889. The molecule has 0 fully saturated rings. The fourth-order valence-electron chi connectivity index (χ4n) is 2.17. The van der Waals surface area contributed by atoms with Gasteiger partial charge in [-0.2, -0.15) is 0 Å². The highest BCUT2D eigenvalue weighted by molar-refractivity contribution is 6.34. The van der Waals surface area contributed by atoms with Crippen molar-refractivity contribution in [3.63, 3.8) is 0 Å². The van der Waals surface area contributed by atoms with Crippen LogP contribution in [0.4, 0.5) is 13.2 Å². The van der Waals surface area contributed by atoms with Crippen molar-refractivity contribution < 1.29 is 13.2 Å². The van der Waals surface area contributed by atoms with Crippen molar-refractivity contribution in [3.05, 3.63) is 69.3 Å². The average molecular weight is 378 g/mol. The highest BCUT2D eigenvalue weighted by Gasteiger charge is 2.23. The quantitative estimate of drug-likeness (QED) is 0.542. The van der Waals surface area contributed by atoms with Crippen LogP contribution < -0.4 is 0 Å². The first-order valence-corrected chi connectivity index (χ1v) is 7.37. The second kappa shape index (κ2) is 6.07. The highest BCUT2D eigenvalue weighted by atomic mass is 35.5. The molecule has 118 valence electrons. The van der Waals surface area contributed by atoms with E-state index in [9.17, 15) is 13.2 Å². The molecule has 0 amide bonds. The number of imidazole rings is 1. The Kier molecular flexibility index (Phi) is 4.27. The highest BCUT2D eigenvalue weighted by Crippen LogP contribution is 2.37. The maximum atomic E-state index is 14.1. The zero-order valence-electron chi connectivity index (χ0n) is 11.1. The van der Waals surface area contributed by atoms with Gasteiger partial charge in [0.25, 0.3) is 0 Å². The zero-order chi connectivity index (χ0) is 16.7. The first kappa shape index (κ1) is 16.2. The van der Waals surface area contributed by atoms with Crippen LogP contribution in [-0.2, 0) is 0 Å². The van der Waals surface area contributed by atoms with E-state index >= 15 is 0 Å². The minimum absolute atomic E-state index is 0.102. The first-order chi connectivity index (χ1) is 10.9. The van der Waals surface area contributed by atoms with E-state index in [1.165, 1.54) is 18.2 Å². The normalized spacial score (nSPS) is 11.0. The van der Waals surface area contributed by atoms with Gasteiger partial charge in [-0.25, -0.2) is 18.2 Å². The molecule has 1 aromatic heterocycles. The summed E-state index contributed by atoms with van der Waals surface area (Å²) in [4.78, 5) is 3.80.